The van der Waals surface area contributed by atoms with Crippen LogP contribution >= 0.6 is 0 Å². The topological polar surface area (TPSA) is 68.3 Å². The molecule has 1 aromatic heterocycles. The van der Waals surface area contributed by atoms with Crippen molar-refractivity contribution in [2.75, 3.05) is 6.54 Å². The van der Waals surface area contributed by atoms with Gasteiger partial charge in [-0.3, -0.25) is 14.6 Å². The van der Waals surface area contributed by atoms with Crippen LogP contribution < -0.4 is 10.1 Å². The Morgan fingerprint density at radius 1 is 1.14 bits per heavy atom. The van der Waals surface area contributed by atoms with Gasteiger partial charge in [-0.25, -0.2) is 0 Å². The van der Waals surface area contributed by atoms with Crippen LogP contribution in [-0.4, -0.2) is 29.3 Å². The molecule has 5 nitrogen and oxygen atoms in total. The van der Waals surface area contributed by atoms with E-state index in [1.807, 2.05) is 49.4 Å². The molecule has 4 rings (SSSR count). The third kappa shape index (κ3) is 4.04. The van der Waals surface area contributed by atoms with E-state index in [0.717, 1.165) is 28.1 Å². The molecule has 0 bridgehead atoms. The third-order valence-corrected chi connectivity index (χ3v) is 5.08. The van der Waals surface area contributed by atoms with Gasteiger partial charge >= 0.3 is 0 Å². The van der Waals surface area contributed by atoms with E-state index >= 15 is 0 Å². The highest BCUT2D eigenvalue weighted by Gasteiger charge is 2.24. The van der Waals surface area contributed by atoms with Crippen molar-refractivity contribution >= 4 is 11.7 Å². The zero-order chi connectivity index (χ0) is 20.4. The lowest BCUT2D eigenvalue weighted by Gasteiger charge is -2.12. The van der Waals surface area contributed by atoms with Gasteiger partial charge in [0.25, 0.3) is 5.91 Å². The predicted octanol–water partition coefficient (Wildman–Crippen LogP) is 3.99. The lowest BCUT2D eigenvalue weighted by molar-refractivity contribution is 0.0932. The second-order valence-electron chi connectivity index (χ2n) is 7.27. The van der Waals surface area contributed by atoms with Gasteiger partial charge in [0.15, 0.2) is 5.78 Å². The minimum atomic E-state index is -0.159. The molecular weight excluding hydrogens is 364 g/mol. The molecule has 0 radical (unpaired) electrons. The number of ether oxygens (including phenoxy) is 1. The van der Waals surface area contributed by atoms with E-state index in [1.54, 1.807) is 19.2 Å². The van der Waals surface area contributed by atoms with Crippen molar-refractivity contribution in [1.29, 1.82) is 0 Å². The first-order valence-corrected chi connectivity index (χ1v) is 9.62. The molecule has 0 saturated carbocycles. The maximum Gasteiger partial charge on any atom is 0.252 e. The fourth-order valence-corrected chi connectivity index (χ4v) is 3.55. The molecule has 0 saturated heterocycles. The molecule has 1 amide bonds. The standard InChI is InChI=1S/C24H22N2O3/c1-15-7-8-18(13-25-15)24(28)26-14-20-12-19-11-17(9-10-23(19)29-20)22-6-4-3-5-21(22)16(2)27/h3-11,13,20H,12,14H2,1-2H3,(H,26,28). The zero-order valence-electron chi connectivity index (χ0n) is 16.4. The number of aryl methyl sites for hydroxylation is 1. The Balaban J connectivity index is 1.45. The van der Waals surface area contributed by atoms with E-state index in [2.05, 4.69) is 16.4 Å². The van der Waals surface area contributed by atoms with Gasteiger partial charge in [0.2, 0.25) is 0 Å². The Morgan fingerprint density at radius 2 is 1.97 bits per heavy atom. The third-order valence-electron chi connectivity index (χ3n) is 5.08. The number of nitrogens with one attached hydrogen (secondary N) is 1. The summed E-state index contributed by atoms with van der Waals surface area (Å²) >= 11 is 0. The van der Waals surface area contributed by atoms with Crippen LogP contribution in [0.3, 0.4) is 0 Å². The zero-order valence-corrected chi connectivity index (χ0v) is 16.4. The number of nitrogens with zero attached hydrogens (tertiary/aromatic N) is 1. The summed E-state index contributed by atoms with van der Waals surface area (Å²) in [5.41, 5.74) is 5.12. The van der Waals surface area contributed by atoms with Crippen molar-refractivity contribution in [2.24, 2.45) is 0 Å². The van der Waals surface area contributed by atoms with Crippen molar-refractivity contribution in [1.82, 2.24) is 10.3 Å². The van der Waals surface area contributed by atoms with Crippen LogP contribution in [-0.2, 0) is 6.42 Å². The van der Waals surface area contributed by atoms with Gasteiger partial charge in [0.05, 0.1) is 12.1 Å². The van der Waals surface area contributed by atoms with Crippen molar-refractivity contribution in [3.63, 3.8) is 0 Å². The van der Waals surface area contributed by atoms with Gasteiger partial charge < -0.3 is 10.1 Å². The normalized spacial score (nSPS) is 14.8. The van der Waals surface area contributed by atoms with E-state index in [9.17, 15) is 9.59 Å². The van der Waals surface area contributed by atoms with Crippen LogP contribution in [0, 0.1) is 6.92 Å². The van der Waals surface area contributed by atoms with Gasteiger partial charge in [-0.2, -0.15) is 0 Å². The fraction of sp³-hybridized carbons (Fsp3) is 0.208. The number of Topliss-reactive ketones (excluding diaryl/α,β-unsaturated/α-hetero) is 1. The SMILES string of the molecule is CC(=O)c1ccccc1-c1ccc2c(c1)CC(CNC(=O)c1ccc(C)nc1)O2. The molecule has 0 spiro atoms. The highest BCUT2D eigenvalue weighted by molar-refractivity contribution is 6.00. The van der Waals surface area contributed by atoms with Gasteiger partial charge in [-0.1, -0.05) is 30.3 Å². The maximum absolute atomic E-state index is 12.3. The lowest BCUT2D eigenvalue weighted by Crippen LogP contribution is -2.34. The first-order valence-electron chi connectivity index (χ1n) is 9.62. The van der Waals surface area contributed by atoms with Gasteiger partial charge in [0.1, 0.15) is 11.9 Å². The largest absolute Gasteiger partial charge is 0.488 e. The molecule has 5 heteroatoms. The number of rotatable bonds is 5. The van der Waals surface area contributed by atoms with Gasteiger partial charge in [-0.05, 0) is 54.8 Å². The predicted molar refractivity (Wildman–Crippen MR) is 111 cm³/mol. The molecule has 3 aromatic rings. The smallest absolute Gasteiger partial charge is 0.252 e. The molecule has 29 heavy (non-hydrogen) atoms. The number of aromatic nitrogens is 1. The van der Waals surface area contributed by atoms with Crippen LogP contribution in [0.2, 0.25) is 0 Å². The molecule has 1 aliphatic heterocycles. The summed E-state index contributed by atoms with van der Waals surface area (Å²) in [7, 11) is 0. The summed E-state index contributed by atoms with van der Waals surface area (Å²) < 4.78 is 5.98. The van der Waals surface area contributed by atoms with E-state index in [0.29, 0.717) is 24.1 Å². The quantitative estimate of drug-likeness (QED) is 0.673. The average molecular weight is 386 g/mol. The Morgan fingerprint density at radius 3 is 2.72 bits per heavy atom. The molecular formula is C24H22N2O3. The number of fused-ring (bicyclic) bond motifs is 1. The summed E-state index contributed by atoms with van der Waals surface area (Å²) in [6.45, 7) is 3.88. The summed E-state index contributed by atoms with van der Waals surface area (Å²) in [6.07, 6.45) is 2.16. The molecule has 2 aromatic carbocycles. The molecule has 1 N–H and O–H groups in total. The number of amides is 1. The number of hydrogen-bond donors (Lipinski definition) is 1. The molecule has 1 unspecified atom stereocenters. The molecule has 1 atom stereocenters. The number of carbonyl (C=O) groups is 2. The Bertz CT molecular complexity index is 1070. The lowest BCUT2D eigenvalue weighted by atomic mass is 9.95. The van der Waals surface area contributed by atoms with Crippen LogP contribution in [0.15, 0.2) is 60.8 Å². The molecule has 0 aliphatic carbocycles. The van der Waals surface area contributed by atoms with Crippen LogP contribution in [0.4, 0.5) is 0 Å². The van der Waals surface area contributed by atoms with Crippen molar-refractivity contribution in [3.05, 3.63) is 83.2 Å². The number of benzene rings is 2. The van der Waals surface area contributed by atoms with Crippen LogP contribution in [0.1, 0.15) is 38.9 Å². The second-order valence-corrected chi connectivity index (χ2v) is 7.27. The van der Waals surface area contributed by atoms with E-state index < -0.39 is 0 Å². The Kier molecular flexibility index (Phi) is 5.12. The molecule has 0 fully saturated rings. The van der Waals surface area contributed by atoms with Crippen LogP contribution in [0.25, 0.3) is 11.1 Å². The van der Waals surface area contributed by atoms with E-state index in [1.165, 1.54) is 0 Å². The highest BCUT2D eigenvalue weighted by atomic mass is 16.5. The Labute approximate surface area is 169 Å². The van der Waals surface area contributed by atoms with Crippen LogP contribution in [0.5, 0.6) is 5.75 Å². The first-order chi connectivity index (χ1) is 14.0. The summed E-state index contributed by atoms with van der Waals surface area (Å²) in [5, 5.41) is 2.92. The summed E-state index contributed by atoms with van der Waals surface area (Å²) in [5.74, 6) is 0.710. The monoisotopic (exact) mass is 386 g/mol. The number of ketones is 1. The number of carbonyl (C=O) groups excluding carboxylic acids is 2. The molecule has 2 heterocycles. The number of pyridine rings is 1. The minimum Gasteiger partial charge on any atom is -0.488 e. The molecule has 146 valence electrons. The van der Waals surface area contributed by atoms with Crippen molar-refractivity contribution < 1.29 is 14.3 Å². The summed E-state index contributed by atoms with van der Waals surface area (Å²) in [4.78, 5) is 28.4. The van der Waals surface area contributed by atoms with Crippen molar-refractivity contribution in [3.8, 4) is 16.9 Å². The molecule has 1 aliphatic rings. The Hall–Kier alpha value is -3.47. The fourth-order valence-electron chi connectivity index (χ4n) is 3.55. The van der Waals surface area contributed by atoms with Gasteiger partial charge in [-0.15, -0.1) is 0 Å². The van der Waals surface area contributed by atoms with Crippen molar-refractivity contribution in [2.45, 2.75) is 26.4 Å². The minimum absolute atomic E-state index is 0.0449. The first kappa shape index (κ1) is 18.9. The van der Waals surface area contributed by atoms with E-state index in [4.69, 9.17) is 4.74 Å². The van der Waals surface area contributed by atoms with E-state index in [-0.39, 0.29) is 17.8 Å². The maximum atomic E-state index is 12.3. The number of hydrogen-bond acceptors (Lipinski definition) is 4. The average Bonchev–Trinajstić information content (AvgIpc) is 3.14. The summed E-state index contributed by atoms with van der Waals surface area (Å²) in [6, 6.07) is 17.2. The second kappa shape index (κ2) is 7.87. The van der Waals surface area contributed by atoms with Gasteiger partial charge in [0, 0.05) is 23.9 Å². The highest BCUT2D eigenvalue weighted by Crippen LogP contribution is 2.34.